The molecule has 2 N–H and O–H groups in total. The second-order valence-corrected chi connectivity index (χ2v) is 4.15. The molecule has 1 aromatic rings. The highest BCUT2D eigenvalue weighted by Gasteiger charge is 1.97. The van der Waals surface area contributed by atoms with Crippen molar-refractivity contribution in [1.29, 1.82) is 0 Å². The molecule has 0 saturated heterocycles. The predicted molar refractivity (Wildman–Crippen MR) is 76.6 cm³/mol. The van der Waals surface area contributed by atoms with E-state index in [1.807, 2.05) is 18.2 Å². The lowest BCUT2D eigenvalue weighted by atomic mass is 10.2. The summed E-state index contributed by atoms with van der Waals surface area (Å²) in [5, 5.41) is 6.58. The fourth-order valence-corrected chi connectivity index (χ4v) is 1.58. The molecule has 0 amide bonds. The summed E-state index contributed by atoms with van der Waals surface area (Å²) in [6.45, 7) is 6.75. The van der Waals surface area contributed by atoms with Crippen molar-refractivity contribution in [1.82, 2.24) is 15.6 Å². The molecule has 1 heterocycles. The Kier molecular flexibility index (Phi) is 7.60. The molecule has 4 heteroatoms. The van der Waals surface area contributed by atoms with E-state index in [1.165, 1.54) is 19.3 Å². The Morgan fingerprint density at radius 2 is 2.11 bits per heavy atom. The van der Waals surface area contributed by atoms with Crippen LogP contribution in [0.25, 0.3) is 0 Å². The van der Waals surface area contributed by atoms with Crippen LogP contribution in [-0.4, -0.2) is 24.0 Å². The second kappa shape index (κ2) is 9.45. The molecule has 0 aliphatic rings. The number of nitrogens with one attached hydrogen (secondary N) is 2. The lowest BCUT2D eigenvalue weighted by Gasteiger charge is -2.10. The zero-order valence-electron chi connectivity index (χ0n) is 11.4. The molecule has 0 aliphatic heterocycles. The number of unbranched alkanes of at least 4 members (excludes halogenated alkanes) is 2. The third kappa shape index (κ3) is 6.23. The van der Waals surface area contributed by atoms with Gasteiger partial charge in [0.2, 0.25) is 0 Å². The number of rotatable bonds is 7. The molecule has 0 atom stereocenters. The number of hydrogen-bond donors (Lipinski definition) is 2. The topological polar surface area (TPSA) is 49.3 Å². The van der Waals surface area contributed by atoms with Crippen LogP contribution in [0.2, 0.25) is 0 Å². The van der Waals surface area contributed by atoms with Crippen molar-refractivity contribution in [2.75, 3.05) is 13.1 Å². The first-order valence-electron chi connectivity index (χ1n) is 6.79. The minimum Gasteiger partial charge on any atom is -0.357 e. The molecule has 1 aromatic heterocycles. The van der Waals surface area contributed by atoms with Gasteiger partial charge in [-0.05, 0) is 25.5 Å². The molecular weight excluding hydrogens is 224 g/mol. The second-order valence-electron chi connectivity index (χ2n) is 4.15. The Hall–Kier alpha value is -1.58. The largest absolute Gasteiger partial charge is 0.357 e. The van der Waals surface area contributed by atoms with Gasteiger partial charge in [-0.3, -0.25) is 4.98 Å². The zero-order chi connectivity index (χ0) is 13.1. The highest BCUT2D eigenvalue weighted by atomic mass is 15.2. The summed E-state index contributed by atoms with van der Waals surface area (Å²) in [6, 6.07) is 5.89. The van der Waals surface area contributed by atoms with Gasteiger partial charge in [-0.2, -0.15) is 0 Å². The molecular formula is C14H24N4. The molecule has 1 rings (SSSR count). The number of hydrogen-bond acceptors (Lipinski definition) is 2. The zero-order valence-corrected chi connectivity index (χ0v) is 11.4. The van der Waals surface area contributed by atoms with Crippen molar-refractivity contribution < 1.29 is 0 Å². The van der Waals surface area contributed by atoms with E-state index < -0.39 is 0 Å². The smallest absolute Gasteiger partial charge is 0.191 e. The average molecular weight is 248 g/mol. The van der Waals surface area contributed by atoms with Gasteiger partial charge in [0.1, 0.15) is 0 Å². The number of guanidine groups is 1. The van der Waals surface area contributed by atoms with Crippen LogP contribution < -0.4 is 10.6 Å². The molecule has 18 heavy (non-hydrogen) atoms. The van der Waals surface area contributed by atoms with Gasteiger partial charge >= 0.3 is 0 Å². The van der Waals surface area contributed by atoms with Gasteiger partial charge in [0.25, 0.3) is 0 Å². The molecule has 0 bridgehead atoms. The molecule has 100 valence electrons. The Morgan fingerprint density at radius 3 is 2.78 bits per heavy atom. The van der Waals surface area contributed by atoms with Crippen molar-refractivity contribution in [3.05, 3.63) is 30.1 Å². The number of nitrogens with zero attached hydrogens (tertiary/aromatic N) is 2. The molecule has 0 saturated carbocycles. The lowest BCUT2D eigenvalue weighted by molar-refractivity contribution is 0.683. The first kappa shape index (κ1) is 14.5. The van der Waals surface area contributed by atoms with E-state index >= 15 is 0 Å². The Bertz CT molecular complexity index is 335. The summed E-state index contributed by atoms with van der Waals surface area (Å²) in [5.74, 6) is 0.874. The quantitative estimate of drug-likeness (QED) is 0.442. The van der Waals surface area contributed by atoms with Crippen LogP contribution >= 0.6 is 0 Å². The molecule has 4 nitrogen and oxygen atoms in total. The molecule has 0 unspecified atom stereocenters. The SMILES string of the molecule is CCCCCNC(=NCc1ccccn1)NCC. The van der Waals surface area contributed by atoms with Crippen LogP contribution in [0.1, 0.15) is 38.8 Å². The van der Waals surface area contributed by atoms with Crippen molar-refractivity contribution in [2.24, 2.45) is 4.99 Å². The maximum absolute atomic E-state index is 4.51. The van der Waals surface area contributed by atoms with Gasteiger partial charge in [0.05, 0.1) is 12.2 Å². The average Bonchev–Trinajstić information content (AvgIpc) is 2.42. The van der Waals surface area contributed by atoms with Crippen molar-refractivity contribution in [3.63, 3.8) is 0 Å². The fraction of sp³-hybridized carbons (Fsp3) is 0.571. The van der Waals surface area contributed by atoms with Crippen LogP contribution in [-0.2, 0) is 6.54 Å². The molecule has 0 spiro atoms. The lowest BCUT2D eigenvalue weighted by Crippen LogP contribution is -2.37. The van der Waals surface area contributed by atoms with E-state index in [2.05, 4.69) is 34.5 Å². The third-order valence-corrected chi connectivity index (χ3v) is 2.54. The number of pyridine rings is 1. The summed E-state index contributed by atoms with van der Waals surface area (Å²) in [6.07, 6.45) is 5.48. The van der Waals surface area contributed by atoms with Gasteiger partial charge in [-0.25, -0.2) is 4.99 Å². The third-order valence-electron chi connectivity index (χ3n) is 2.54. The van der Waals surface area contributed by atoms with Gasteiger partial charge in [0, 0.05) is 19.3 Å². The van der Waals surface area contributed by atoms with Gasteiger partial charge in [0.15, 0.2) is 5.96 Å². The summed E-state index contributed by atoms with van der Waals surface area (Å²) in [5.41, 5.74) is 0.989. The van der Waals surface area contributed by atoms with Crippen LogP contribution in [0.5, 0.6) is 0 Å². The maximum Gasteiger partial charge on any atom is 0.191 e. The van der Waals surface area contributed by atoms with E-state index in [0.717, 1.165) is 24.7 Å². The van der Waals surface area contributed by atoms with E-state index in [0.29, 0.717) is 6.54 Å². The van der Waals surface area contributed by atoms with Crippen molar-refractivity contribution in [2.45, 2.75) is 39.7 Å². The van der Waals surface area contributed by atoms with Crippen LogP contribution in [0.4, 0.5) is 0 Å². The predicted octanol–water partition coefficient (Wildman–Crippen LogP) is 2.33. The monoisotopic (exact) mass is 248 g/mol. The first-order valence-corrected chi connectivity index (χ1v) is 6.79. The minimum absolute atomic E-state index is 0.615. The summed E-state index contributed by atoms with van der Waals surface area (Å²) >= 11 is 0. The summed E-state index contributed by atoms with van der Waals surface area (Å²) in [7, 11) is 0. The van der Waals surface area contributed by atoms with Crippen LogP contribution in [0, 0.1) is 0 Å². The van der Waals surface area contributed by atoms with E-state index in [9.17, 15) is 0 Å². The highest BCUT2D eigenvalue weighted by Crippen LogP contribution is 1.95. The maximum atomic E-state index is 4.51. The number of aromatic nitrogens is 1. The van der Waals surface area contributed by atoms with E-state index in [4.69, 9.17) is 0 Å². The van der Waals surface area contributed by atoms with E-state index in [1.54, 1.807) is 6.20 Å². The fourth-order valence-electron chi connectivity index (χ4n) is 1.58. The van der Waals surface area contributed by atoms with Crippen LogP contribution in [0.3, 0.4) is 0 Å². The normalized spacial score (nSPS) is 11.3. The van der Waals surface area contributed by atoms with E-state index in [-0.39, 0.29) is 0 Å². The molecule has 0 aromatic carbocycles. The highest BCUT2D eigenvalue weighted by molar-refractivity contribution is 5.79. The summed E-state index contributed by atoms with van der Waals surface area (Å²) in [4.78, 5) is 8.77. The molecule has 0 fully saturated rings. The number of aliphatic imine (C=N–C) groups is 1. The molecule has 0 aliphatic carbocycles. The Morgan fingerprint density at radius 1 is 1.22 bits per heavy atom. The Balaban J connectivity index is 2.40. The van der Waals surface area contributed by atoms with Crippen molar-refractivity contribution in [3.8, 4) is 0 Å². The first-order chi connectivity index (χ1) is 8.86. The minimum atomic E-state index is 0.615. The van der Waals surface area contributed by atoms with Crippen molar-refractivity contribution >= 4 is 5.96 Å². The van der Waals surface area contributed by atoms with Gasteiger partial charge in [-0.15, -0.1) is 0 Å². The van der Waals surface area contributed by atoms with Gasteiger partial charge < -0.3 is 10.6 Å². The van der Waals surface area contributed by atoms with Crippen LogP contribution in [0.15, 0.2) is 29.4 Å². The standard InChI is InChI=1S/C14H24N4/c1-3-5-7-11-17-14(15-4-2)18-12-13-9-6-8-10-16-13/h6,8-10H,3-5,7,11-12H2,1-2H3,(H2,15,17,18). The Labute approximate surface area is 110 Å². The summed E-state index contributed by atoms with van der Waals surface area (Å²) < 4.78 is 0. The molecule has 0 radical (unpaired) electrons. The van der Waals surface area contributed by atoms with Gasteiger partial charge in [-0.1, -0.05) is 25.8 Å².